The van der Waals surface area contributed by atoms with E-state index in [0.29, 0.717) is 95.7 Å². The Bertz CT molecular complexity index is 4860. The fraction of sp³-hybridized carbons (Fsp3) is 0.260. The molecule has 0 amide bonds. The van der Waals surface area contributed by atoms with E-state index in [1.807, 2.05) is 215 Å². The van der Waals surface area contributed by atoms with Crippen molar-refractivity contribution in [3.05, 3.63) is 199 Å². The van der Waals surface area contributed by atoms with Crippen molar-refractivity contribution in [2.45, 2.75) is 99.4 Å². The van der Waals surface area contributed by atoms with Crippen LogP contribution in [0.5, 0.6) is 0 Å². The highest BCUT2D eigenvalue weighted by molar-refractivity contribution is 6.31. The second kappa shape index (κ2) is 44.6. The number of nitrogen functional groups attached to an aromatic ring is 8. The molecule has 0 unspecified atom stereocenters. The monoisotopic (exact) mass is 1610 g/mol. The summed E-state index contributed by atoms with van der Waals surface area (Å²) in [7, 11) is 3.70. The van der Waals surface area contributed by atoms with Crippen LogP contribution in [0.25, 0.3) is 0 Å². The Balaban J connectivity index is 0.000000188. The van der Waals surface area contributed by atoms with Gasteiger partial charge in [0, 0.05) is 89.9 Å². The van der Waals surface area contributed by atoms with Gasteiger partial charge in [-0.05, 0) is 174 Å². The number of nitrogens with two attached hydrogens (primary N) is 8. The van der Waals surface area contributed by atoms with Gasteiger partial charge in [0.1, 0.15) is 0 Å². The Labute approximate surface area is 675 Å². The summed E-state index contributed by atoms with van der Waals surface area (Å²) in [5.41, 5.74) is 53.1. The predicted octanol–water partition coefficient (Wildman–Crippen LogP) is 11.7. The van der Waals surface area contributed by atoms with Gasteiger partial charge in [-0.2, -0.15) is 89.7 Å². The van der Waals surface area contributed by atoms with Crippen LogP contribution in [-0.2, 0) is 25.9 Å². The van der Waals surface area contributed by atoms with Gasteiger partial charge in [-0.15, -0.1) is 0 Å². The van der Waals surface area contributed by atoms with Crippen molar-refractivity contribution in [3.63, 3.8) is 0 Å². The van der Waals surface area contributed by atoms with Crippen molar-refractivity contribution < 1.29 is 0 Å². The van der Waals surface area contributed by atoms with Crippen LogP contribution in [0.2, 0.25) is 20.1 Å². The van der Waals surface area contributed by atoms with Crippen LogP contribution < -0.4 is 98.6 Å². The molecule has 12 rings (SSSR count). The minimum Gasteiger partial charge on any atom is -0.368 e. The summed E-state index contributed by atoms with van der Waals surface area (Å²) < 4.78 is 0. The van der Waals surface area contributed by atoms with E-state index in [2.05, 4.69) is 138 Å². The van der Waals surface area contributed by atoms with Crippen molar-refractivity contribution >= 4 is 165 Å². The van der Waals surface area contributed by atoms with Crippen LogP contribution in [0.4, 0.5) is 118 Å². The van der Waals surface area contributed by atoms with Crippen LogP contribution >= 0.6 is 46.4 Å². The molecule has 25 N–H and O–H groups in total. The van der Waals surface area contributed by atoms with Crippen LogP contribution in [0.1, 0.15) is 74.9 Å². The first-order valence-electron chi connectivity index (χ1n) is 35.1. The SMILES string of the molecule is CC(C)Nc1nc(N)nc(NCCc2ccc(Cl)cc2)n1.CC(C)Nc1nc(N)nc(NCc2ccc(Cl)cc2)n1.Cc1cccc(Nc2nc(N)nc(N(C)C)n2)c1.Cc1cccc(Nc2nc(N)nc(NC(C)C)n2)c1.Nc1nc(N)nc(NCCc2ccc(Cl)cc2)n1.Nc1nc(N)nc(NCc2ccc(Cl)cc2)n1. The molecule has 0 aliphatic rings. The lowest BCUT2D eigenvalue weighted by Crippen LogP contribution is -2.16. The molecule has 0 spiro atoms. The Morgan fingerprint density at radius 2 is 0.566 bits per heavy atom. The van der Waals surface area contributed by atoms with Gasteiger partial charge in [0.05, 0.1) is 0 Å². The number of hydrogen-bond acceptors (Lipinski definition) is 36. The van der Waals surface area contributed by atoms with Crippen LogP contribution in [-0.4, -0.2) is 135 Å². The average molecular weight is 1620 g/mol. The molecule has 0 bridgehead atoms. The first-order valence-corrected chi connectivity index (χ1v) is 36.6. The summed E-state index contributed by atoms with van der Waals surface area (Å²) in [5.74, 6) is 5.63. The Kier molecular flexibility index (Phi) is 34.4. The van der Waals surface area contributed by atoms with Gasteiger partial charge < -0.3 is 98.6 Å². The number of aryl methyl sites for hydroxylation is 2. The largest absolute Gasteiger partial charge is 0.368 e. The highest BCUT2D eigenvalue weighted by Crippen LogP contribution is 2.21. The summed E-state index contributed by atoms with van der Waals surface area (Å²) in [6, 6.07) is 47.0. The number of aromatic nitrogens is 18. The highest BCUT2D eigenvalue weighted by Gasteiger charge is 2.12. The fourth-order valence-electron chi connectivity index (χ4n) is 9.18. The molecule has 6 aromatic carbocycles. The second-order valence-corrected chi connectivity index (χ2v) is 27.2. The zero-order valence-corrected chi connectivity index (χ0v) is 67.0. The Morgan fingerprint density at radius 1 is 0.301 bits per heavy atom. The topological polar surface area (TPSA) is 552 Å². The van der Waals surface area contributed by atoms with E-state index in [1.165, 1.54) is 11.1 Å². The molecule has 594 valence electrons. The molecule has 0 saturated heterocycles. The summed E-state index contributed by atoms with van der Waals surface area (Å²) in [4.78, 5) is 74.3. The van der Waals surface area contributed by atoms with Crippen LogP contribution in [0, 0.1) is 13.8 Å². The van der Waals surface area contributed by atoms with E-state index in [4.69, 9.17) is 92.3 Å². The summed E-state index contributed by atoms with van der Waals surface area (Å²) in [5, 5.41) is 30.7. The molecule has 0 saturated carbocycles. The molecule has 6 aromatic heterocycles. The third kappa shape index (κ3) is 34.2. The molecule has 40 heteroatoms. The van der Waals surface area contributed by atoms with E-state index in [9.17, 15) is 0 Å². The summed E-state index contributed by atoms with van der Waals surface area (Å²) in [6.45, 7) is 18.6. The number of hydrogen-bond donors (Lipinski definition) is 17. The third-order valence-electron chi connectivity index (χ3n) is 14.1. The van der Waals surface area contributed by atoms with Gasteiger partial charge >= 0.3 is 0 Å². The van der Waals surface area contributed by atoms with Crippen LogP contribution in [0.3, 0.4) is 0 Å². The van der Waals surface area contributed by atoms with E-state index in [0.717, 1.165) is 56.5 Å². The van der Waals surface area contributed by atoms with Crippen molar-refractivity contribution in [1.29, 1.82) is 0 Å². The van der Waals surface area contributed by atoms with Gasteiger partial charge in [-0.25, -0.2) is 0 Å². The van der Waals surface area contributed by atoms with Gasteiger partial charge in [0.25, 0.3) is 0 Å². The lowest BCUT2D eigenvalue weighted by atomic mass is 10.1. The average Bonchev–Trinajstić information content (AvgIpc) is 0.863. The smallest absolute Gasteiger partial charge is 0.233 e. The maximum atomic E-state index is 5.85. The van der Waals surface area contributed by atoms with E-state index in [-0.39, 0.29) is 65.7 Å². The lowest BCUT2D eigenvalue weighted by Gasteiger charge is -2.12. The third-order valence-corrected chi connectivity index (χ3v) is 15.1. The van der Waals surface area contributed by atoms with E-state index < -0.39 is 0 Å². The number of nitrogens with one attached hydrogen (secondary N) is 9. The van der Waals surface area contributed by atoms with Gasteiger partial charge in [0.15, 0.2) is 0 Å². The van der Waals surface area contributed by atoms with Crippen molar-refractivity contribution in [2.75, 3.05) is 126 Å². The minimum absolute atomic E-state index is 0.0936. The first-order chi connectivity index (χ1) is 53.9. The number of rotatable bonds is 25. The molecule has 12 aromatic rings. The normalized spacial score (nSPS) is 10.4. The first kappa shape index (κ1) is 87.2. The van der Waals surface area contributed by atoms with Crippen molar-refractivity contribution in [2.24, 2.45) is 0 Å². The number of nitrogens with zero attached hydrogens (tertiary/aromatic N) is 19. The minimum atomic E-state index is 0.0936. The zero-order chi connectivity index (χ0) is 81.9. The molecule has 0 aliphatic heterocycles. The zero-order valence-electron chi connectivity index (χ0n) is 64.0. The maximum Gasteiger partial charge on any atom is 0.233 e. The van der Waals surface area contributed by atoms with Crippen LogP contribution in [0.15, 0.2) is 146 Å². The summed E-state index contributed by atoms with van der Waals surface area (Å²) in [6.07, 6.45) is 1.67. The highest BCUT2D eigenvalue weighted by atomic mass is 35.5. The van der Waals surface area contributed by atoms with Crippen molar-refractivity contribution in [1.82, 2.24) is 89.7 Å². The molecule has 113 heavy (non-hydrogen) atoms. The van der Waals surface area contributed by atoms with Crippen molar-refractivity contribution in [3.8, 4) is 0 Å². The summed E-state index contributed by atoms with van der Waals surface area (Å²) >= 11 is 23.3. The van der Waals surface area contributed by atoms with Gasteiger partial charge in [-0.3, -0.25) is 0 Å². The standard InChI is InChI=1S/C14H19ClN6.C13H17ClN6.C13H18N6.C12H16N6.C11H13ClN6.C10H11ClN6/c1-9(2)18-14-20-12(16)19-13(21-14)17-8-7-10-3-5-11(15)6-4-10;1-8(2)17-13-19-11(15)18-12(20-13)16-7-9-3-5-10(14)6-4-9;1-8(2)15-12-17-11(14)18-13(19-12)16-10-6-4-5-9(3)7-10;1-8-5-4-6-9(7-8)14-11-15-10(13)16-12(17-11)18(2)3;12-8-3-1-7(2-4-8)5-6-15-11-17-9(13)16-10(14)18-11;11-7-3-1-6(2-4-7)5-14-10-16-8(12)15-9(13)17-10/h3-6,9H,7-8H2,1-2H3,(H4,16,17,18,19,20,21);3-6,8H,7H2,1-2H3,(H4,15,16,17,18,19,20);4-8H,1-3H3,(H4,14,15,16,17,18,19);4-7H,1-3H3,(H3,13,14,15,16,17);1-4H,5-6H2,(H5,13,14,15,16,17,18);1-4H,5H2,(H5,12,13,14,15,16,17). The molecular weight excluding hydrogens is 1520 g/mol. The molecule has 0 fully saturated rings. The second-order valence-electron chi connectivity index (χ2n) is 25.4. The predicted molar refractivity (Wildman–Crippen MR) is 459 cm³/mol. The van der Waals surface area contributed by atoms with E-state index >= 15 is 0 Å². The molecule has 36 nitrogen and oxygen atoms in total. The van der Waals surface area contributed by atoms with Gasteiger partial charge in [-0.1, -0.05) is 119 Å². The molecule has 6 heterocycles. The lowest BCUT2D eigenvalue weighted by molar-refractivity contribution is 0.866. The fourth-order valence-corrected chi connectivity index (χ4v) is 9.69. The maximum absolute atomic E-state index is 5.85. The quantitative estimate of drug-likeness (QED) is 0.0253. The van der Waals surface area contributed by atoms with E-state index in [1.54, 1.807) is 4.90 Å². The Morgan fingerprint density at radius 3 is 0.894 bits per heavy atom. The molecular formula is C73H94Cl4N36. The molecule has 0 radical (unpaired) electrons. The number of halogens is 4. The Hall–Kier alpha value is -13.1. The number of benzene rings is 6. The molecule has 0 aliphatic carbocycles. The number of anilines is 20. The van der Waals surface area contributed by atoms with Gasteiger partial charge in [0.2, 0.25) is 107 Å². The molecule has 0 atom stereocenters.